The van der Waals surface area contributed by atoms with Crippen LogP contribution in [-0.2, 0) is 6.18 Å². The Morgan fingerprint density at radius 1 is 1.00 bits per heavy atom. The molecule has 21 heavy (non-hydrogen) atoms. The lowest BCUT2D eigenvalue weighted by molar-refractivity contribution is -0.139. The summed E-state index contributed by atoms with van der Waals surface area (Å²) in [6.45, 7) is 3.12. The van der Waals surface area contributed by atoms with E-state index in [1.807, 2.05) is 0 Å². The summed E-state index contributed by atoms with van der Waals surface area (Å²) in [5.41, 5.74) is 0.00508. The van der Waals surface area contributed by atoms with Gasteiger partial charge in [0.2, 0.25) is 0 Å². The van der Waals surface area contributed by atoms with Gasteiger partial charge in [-0.3, -0.25) is 0 Å². The van der Waals surface area contributed by atoms with Crippen LogP contribution in [0.1, 0.15) is 33.9 Å². The average Bonchev–Trinajstić information content (AvgIpc) is 2.36. The molecule has 0 aliphatic carbocycles. The average molecular weight is 298 g/mol. The lowest BCUT2D eigenvalue weighted by Crippen LogP contribution is -2.14. The fourth-order valence-corrected chi connectivity index (χ4v) is 2.50. The summed E-state index contributed by atoms with van der Waals surface area (Å²) in [4.78, 5) is 0. The Morgan fingerprint density at radius 2 is 1.52 bits per heavy atom. The molecule has 0 amide bonds. The van der Waals surface area contributed by atoms with Crippen molar-refractivity contribution in [3.05, 3.63) is 70.0 Å². The quantitative estimate of drug-likeness (QED) is 0.807. The zero-order valence-corrected chi connectivity index (χ0v) is 11.5. The van der Waals surface area contributed by atoms with Crippen molar-refractivity contribution in [2.24, 2.45) is 0 Å². The summed E-state index contributed by atoms with van der Waals surface area (Å²) >= 11 is 0. The van der Waals surface area contributed by atoms with E-state index in [0.29, 0.717) is 16.7 Å². The van der Waals surface area contributed by atoms with E-state index in [9.17, 15) is 22.7 Å². The molecule has 0 aliphatic rings. The van der Waals surface area contributed by atoms with E-state index >= 15 is 0 Å². The third-order valence-corrected chi connectivity index (χ3v) is 3.39. The molecule has 112 valence electrons. The normalized spacial score (nSPS) is 13.3. The number of hydrogen-bond acceptors (Lipinski definition) is 1. The van der Waals surface area contributed by atoms with Crippen molar-refractivity contribution in [1.29, 1.82) is 0 Å². The van der Waals surface area contributed by atoms with E-state index in [1.165, 1.54) is 30.3 Å². The molecule has 2 rings (SSSR count). The number of alkyl halides is 3. The van der Waals surface area contributed by atoms with Crippen molar-refractivity contribution in [3.63, 3.8) is 0 Å². The Balaban J connectivity index is 2.59. The molecule has 0 saturated carbocycles. The minimum Gasteiger partial charge on any atom is -0.384 e. The second-order valence-electron chi connectivity index (χ2n) is 4.94. The third-order valence-electron chi connectivity index (χ3n) is 3.39. The van der Waals surface area contributed by atoms with Gasteiger partial charge in [-0.25, -0.2) is 4.39 Å². The molecule has 2 aromatic carbocycles. The number of aryl methyl sites for hydroxylation is 2. The molecule has 1 unspecified atom stereocenters. The van der Waals surface area contributed by atoms with Crippen molar-refractivity contribution in [3.8, 4) is 0 Å². The Bertz CT molecular complexity index is 639. The SMILES string of the molecule is Cc1cc(F)cc(C)c1C(O)c1ccccc1C(F)(F)F. The van der Waals surface area contributed by atoms with Crippen LogP contribution in [0.5, 0.6) is 0 Å². The standard InChI is InChI=1S/C16H14F4O/c1-9-7-11(17)8-10(2)14(9)15(21)12-5-3-4-6-13(12)16(18,19)20/h3-8,15,21H,1-2H3. The van der Waals surface area contributed by atoms with Crippen molar-refractivity contribution in [1.82, 2.24) is 0 Å². The Morgan fingerprint density at radius 3 is 2.05 bits per heavy atom. The third kappa shape index (κ3) is 3.08. The summed E-state index contributed by atoms with van der Waals surface area (Å²) in [5, 5.41) is 10.4. The van der Waals surface area contributed by atoms with Gasteiger partial charge in [0.05, 0.1) is 5.56 Å². The van der Waals surface area contributed by atoms with Gasteiger partial charge in [0.1, 0.15) is 11.9 Å². The zero-order chi connectivity index (χ0) is 15.8. The lowest BCUT2D eigenvalue weighted by Gasteiger charge is -2.21. The van der Waals surface area contributed by atoms with E-state index in [0.717, 1.165) is 6.07 Å². The highest BCUT2D eigenvalue weighted by molar-refractivity contribution is 5.44. The van der Waals surface area contributed by atoms with Crippen LogP contribution in [0.15, 0.2) is 36.4 Å². The molecule has 2 aromatic rings. The number of benzene rings is 2. The molecular weight excluding hydrogens is 284 g/mol. The molecule has 0 saturated heterocycles. The van der Waals surface area contributed by atoms with Gasteiger partial charge in [-0.15, -0.1) is 0 Å². The first-order valence-corrected chi connectivity index (χ1v) is 6.32. The van der Waals surface area contributed by atoms with Crippen molar-refractivity contribution in [2.75, 3.05) is 0 Å². The van der Waals surface area contributed by atoms with E-state index in [4.69, 9.17) is 0 Å². The van der Waals surface area contributed by atoms with Gasteiger partial charge in [-0.05, 0) is 54.3 Å². The predicted octanol–water partition coefficient (Wildman–Crippen LogP) is 4.54. The number of aliphatic hydroxyl groups is 1. The Kier molecular flexibility index (Phi) is 4.05. The second-order valence-corrected chi connectivity index (χ2v) is 4.94. The van der Waals surface area contributed by atoms with Gasteiger partial charge >= 0.3 is 6.18 Å². The van der Waals surface area contributed by atoms with Crippen LogP contribution in [-0.4, -0.2) is 5.11 Å². The molecule has 1 N–H and O–H groups in total. The first kappa shape index (κ1) is 15.5. The highest BCUT2D eigenvalue weighted by Crippen LogP contribution is 2.38. The molecule has 0 fully saturated rings. The Hall–Kier alpha value is -1.88. The van der Waals surface area contributed by atoms with Gasteiger partial charge < -0.3 is 5.11 Å². The zero-order valence-electron chi connectivity index (χ0n) is 11.5. The Labute approximate surface area is 119 Å². The minimum atomic E-state index is -4.56. The smallest absolute Gasteiger partial charge is 0.384 e. The van der Waals surface area contributed by atoms with Crippen LogP contribution in [0.25, 0.3) is 0 Å². The number of aliphatic hydroxyl groups excluding tert-OH is 1. The van der Waals surface area contributed by atoms with Crippen LogP contribution in [0.2, 0.25) is 0 Å². The summed E-state index contributed by atoms with van der Waals surface area (Å²) in [7, 11) is 0. The van der Waals surface area contributed by atoms with E-state index < -0.39 is 23.7 Å². The summed E-state index contributed by atoms with van der Waals surface area (Å²) in [6, 6.07) is 7.25. The van der Waals surface area contributed by atoms with Gasteiger partial charge in [-0.2, -0.15) is 13.2 Å². The van der Waals surface area contributed by atoms with Crippen molar-refractivity contribution < 1.29 is 22.7 Å². The van der Waals surface area contributed by atoms with Crippen LogP contribution in [0, 0.1) is 19.7 Å². The maximum atomic E-state index is 13.3. The van der Waals surface area contributed by atoms with Crippen LogP contribution < -0.4 is 0 Å². The van der Waals surface area contributed by atoms with Crippen LogP contribution in [0.4, 0.5) is 17.6 Å². The maximum absolute atomic E-state index is 13.3. The number of halogens is 4. The number of hydrogen-bond donors (Lipinski definition) is 1. The van der Waals surface area contributed by atoms with E-state index in [1.54, 1.807) is 13.8 Å². The monoisotopic (exact) mass is 298 g/mol. The lowest BCUT2D eigenvalue weighted by atomic mass is 9.90. The molecule has 0 aromatic heterocycles. The topological polar surface area (TPSA) is 20.2 Å². The van der Waals surface area contributed by atoms with Gasteiger partial charge in [0, 0.05) is 0 Å². The van der Waals surface area contributed by atoms with Crippen molar-refractivity contribution in [2.45, 2.75) is 26.1 Å². The summed E-state index contributed by atoms with van der Waals surface area (Å²) in [6.07, 6.45) is -6.01. The molecule has 0 aliphatic heterocycles. The molecule has 0 radical (unpaired) electrons. The largest absolute Gasteiger partial charge is 0.416 e. The predicted molar refractivity (Wildman–Crippen MR) is 71.4 cm³/mol. The minimum absolute atomic E-state index is 0.234. The molecule has 0 spiro atoms. The molecule has 0 heterocycles. The first-order chi connectivity index (χ1) is 9.71. The highest BCUT2D eigenvalue weighted by Gasteiger charge is 2.35. The molecule has 1 nitrogen and oxygen atoms in total. The molecule has 1 atom stereocenters. The molecule has 0 bridgehead atoms. The highest BCUT2D eigenvalue weighted by atomic mass is 19.4. The molecular formula is C16H14F4O. The van der Waals surface area contributed by atoms with Crippen LogP contribution in [0.3, 0.4) is 0 Å². The fraction of sp³-hybridized carbons (Fsp3) is 0.250. The van der Waals surface area contributed by atoms with E-state index in [-0.39, 0.29) is 5.56 Å². The van der Waals surface area contributed by atoms with Gasteiger partial charge in [0.15, 0.2) is 0 Å². The van der Waals surface area contributed by atoms with Gasteiger partial charge in [-0.1, -0.05) is 18.2 Å². The van der Waals surface area contributed by atoms with Crippen LogP contribution >= 0.6 is 0 Å². The molecule has 5 heteroatoms. The second kappa shape index (κ2) is 5.48. The number of rotatable bonds is 2. The van der Waals surface area contributed by atoms with Gasteiger partial charge in [0.25, 0.3) is 0 Å². The maximum Gasteiger partial charge on any atom is 0.416 e. The van der Waals surface area contributed by atoms with Crippen molar-refractivity contribution >= 4 is 0 Å². The first-order valence-electron chi connectivity index (χ1n) is 6.32. The summed E-state index contributed by atoms with van der Waals surface area (Å²) < 4.78 is 52.3. The fourth-order valence-electron chi connectivity index (χ4n) is 2.50. The van der Waals surface area contributed by atoms with E-state index in [2.05, 4.69) is 0 Å². The summed E-state index contributed by atoms with van der Waals surface area (Å²) in [5.74, 6) is -0.481.